The Kier molecular flexibility index (Phi) is 6.59. The molecule has 1 amide bonds. The van der Waals surface area contributed by atoms with Gasteiger partial charge >= 0.3 is 0 Å². The lowest BCUT2D eigenvalue weighted by molar-refractivity contribution is -0.120. The number of carbonyl (C=O) groups excluding carboxylic acids is 1. The molecule has 5 nitrogen and oxygen atoms in total. The predicted molar refractivity (Wildman–Crippen MR) is 109 cm³/mol. The van der Waals surface area contributed by atoms with E-state index in [-0.39, 0.29) is 24.2 Å². The quantitative estimate of drug-likeness (QED) is 0.536. The molecule has 0 unspecified atom stereocenters. The van der Waals surface area contributed by atoms with Gasteiger partial charge in [0.15, 0.2) is 6.61 Å². The van der Waals surface area contributed by atoms with E-state index in [1.165, 1.54) is 23.5 Å². The highest BCUT2D eigenvalue weighted by molar-refractivity contribution is 7.18. The number of hydrogen-bond acceptors (Lipinski definition) is 5. The summed E-state index contributed by atoms with van der Waals surface area (Å²) in [4.78, 5) is 14.3. The fraction of sp³-hybridized carbons (Fsp3) is 0.250. The van der Waals surface area contributed by atoms with Crippen LogP contribution in [-0.2, 0) is 4.79 Å². The highest BCUT2D eigenvalue weighted by Gasteiger charge is 2.22. The summed E-state index contributed by atoms with van der Waals surface area (Å²) >= 11 is 7.10. The summed E-state index contributed by atoms with van der Waals surface area (Å²) in [7, 11) is 0. The molecule has 1 aromatic heterocycles. The average Bonchev–Trinajstić information content (AvgIpc) is 3.15. The standard InChI is InChI=1S/C20H19ClFN3O2S/c1-13(2)11-25(18(26)12-27-17-8-6-15(21)7-9-17)20-24-23-19(28-20)14-4-3-5-16(22)10-14/h3-10,13H,11-12H2,1-2H3. The molecule has 3 rings (SSSR count). The molecular weight excluding hydrogens is 401 g/mol. The van der Waals surface area contributed by atoms with Gasteiger partial charge in [-0.05, 0) is 42.3 Å². The van der Waals surface area contributed by atoms with Crippen molar-refractivity contribution in [3.05, 3.63) is 59.4 Å². The Balaban J connectivity index is 1.76. The molecule has 1 heterocycles. The number of aromatic nitrogens is 2. The summed E-state index contributed by atoms with van der Waals surface area (Å²) < 4.78 is 19.0. The maximum absolute atomic E-state index is 13.5. The van der Waals surface area contributed by atoms with E-state index in [2.05, 4.69) is 10.2 Å². The number of rotatable bonds is 7. The SMILES string of the molecule is CC(C)CN(C(=O)COc1ccc(Cl)cc1)c1nnc(-c2cccc(F)c2)s1. The van der Waals surface area contributed by atoms with E-state index in [0.717, 1.165) is 0 Å². The van der Waals surface area contributed by atoms with Crippen LogP contribution < -0.4 is 9.64 Å². The summed E-state index contributed by atoms with van der Waals surface area (Å²) in [6.07, 6.45) is 0. The van der Waals surface area contributed by atoms with Gasteiger partial charge in [-0.15, -0.1) is 10.2 Å². The fourth-order valence-electron chi connectivity index (χ4n) is 2.47. The van der Waals surface area contributed by atoms with E-state index < -0.39 is 0 Å². The first-order valence-corrected chi connectivity index (χ1v) is 9.90. The molecule has 0 fully saturated rings. The predicted octanol–water partition coefficient (Wildman–Crippen LogP) is 5.07. The van der Waals surface area contributed by atoms with Gasteiger partial charge in [0.2, 0.25) is 5.13 Å². The lowest BCUT2D eigenvalue weighted by atomic mass is 10.2. The molecule has 0 spiro atoms. The monoisotopic (exact) mass is 419 g/mol. The second-order valence-corrected chi connectivity index (χ2v) is 7.93. The number of carbonyl (C=O) groups is 1. The molecule has 146 valence electrons. The summed E-state index contributed by atoms with van der Waals surface area (Å²) in [5, 5.41) is 9.86. The van der Waals surface area contributed by atoms with Gasteiger partial charge in [0.1, 0.15) is 16.6 Å². The van der Waals surface area contributed by atoms with Crippen LogP contribution in [0.25, 0.3) is 10.6 Å². The summed E-state index contributed by atoms with van der Waals surface area (Å²) in [6, 6.07) is 12.9. The van der Waals surface area contributed by atoms with Gasteiger partial charge in [-0.2, -0.15) is 0 Å². The summed E-state index contributed by atoms with van der Waals surface area (Å²) in [5.74, 6) is 0.201. The number of benzene rings is 2. The number of halogens is 2. The molecule has 0 saturated heterocycles. The fourth-order valence-corrected chi connectivity index (χ4v) is 3.46. The summed E-state index contributed by atoms with van der Waals surface area (Å²) in [5.41, 5.74) is 0.623. The minimum atomic E-state index is -0.347. The zero-order valence-electron chi connectivity index (χ0n) is 15.4. The highest BCUT2D eigenvalue weighted by atomic mass is 35.5. The number of ether oxygens (including phenoxy) is 1. The van der Waals surface area contributed by atoms with E-state index in [0.29, 0.717) is 33.0 Å². The second kappa shape index (κ2) is 9.12. The van der Waals surface area contributed by atoms with E-state index in [9.17, 15) is 9.18 Å². The van der Waals surface area contributed by atoms with Crippen molar-refractivity contribution >= 4 is 34.0 Å². The van der Waals surface area contributed by atoms with E-state index in [1.807, 2.05) is 13.8 Å². The van der Waals surface area contributed by atoms with Crippen molar-refractivity contribution < 1.29 is 13.9 Å². The Labute approximate surface area is 171 Å². The molecule has 0 atom stereocenters. The van der Waals surface area contributed by atoms with Gasteiger partial charge in [0.25, 0.3) is 5.91 Å². The maximum Gasteiger partial charge on any atom is 0.266 e. The Morgan fingerprint density at radius 1 is 1.21 bits per heavy atom. The molecule has 0 aliphatic rings. The number of amides is 1. The van der Waals surface area contributed by atoms with Crippen LogP contribution in [0.15, 0.2) is 48.5 Å². The van der Waals surface area contributed by atoms with Crippen molar-refractivity contribution in [2.45, 2.75) is 13.8 Å². The van der Waals surface area contributed by atoms with Crippen molar-refractivity contribution in [2.75, 3.05) is 18.1 Å². The van der Waals surface area contributed by atoms with Crippen molar-refractivity contribution in [3.8, 4) is 16.3 Å². The van der Waals surface area contributed by atoms with Crippen LogP contribution in [0.4, 0.5) is 9.52 Å². The van der Waals surface area contributed by atoms with Crippen LogP contribution in [0.5, 0.6) is 5.75 Å². The topological polar surface area (TPSA) is 55.3 Å². The van der Waals surface area contributed by atoms with Gasteiger partial charge < -0.3 is 4.74 Å². The first-order valence-electron chi connectivity index (χ1n) is 8.70. The lowest BCUT2D eigenvalue weighted by Gasteiger charge is -2.21. The van der Waals surface area contributed by atoms with Crippen molar-refractivity contribution in [3.63, 3.8) is 0 Å². The van der Waals surface area contributed by atoms with Crippen LogP contribution in [0.1, 0.15) is 13.8 Å². The van der Waals surface area contributed by atoms with Gasteiger partial charge in [-0.25, -0.2) is 4.39 Å². The van der Waals surface area contributed by atoms with Crippen molar-refractivity contribution in [2.24, 2.45) is 5.92 Å². The van der Waals surface area contributed by atoms with Gasteiger partial charge in [0, 0.05) is 17.1 Å². The number of anilines is 1. The second-order valence-electron chi connectivity index (χ2n) is 6.54. The minimum absolute atomic E-state index is 0.136. The minimum Gasteiger partial charge on any atom is -0.484 e. The Morgan fingerprint density at radius 3 is 2.64 bits per heavy atom. The van der Waals surface area contributed by atoms with Crippen LogP contribution in [0.2, 0.25) is 5.02 Å². The maximum atomic E-state index is 13.5. The Morgan fingerprint density at radius 2 is 1.96 bits per heavy atom. The molecule has 8 heteroatoms. The normalized spacial score (nSPS) is 10.9. The van der Waals surface area contributed by atoms with Gasteiger partial charge in [-0.3, -0.25) is 9.69 Å². The molecular formula is C20H19ClFN3O2S. The van der Waals surface area contributed by atoms with Crippen LogP contribution >= 0.6 is 22.9 Å². The van der Waals surface area contributed by atoms with Crippen LogP contribution in [-0.4, -0.2) is 29.3 Å². The Bertz CT molecular complexity index is 947. The van der Waals surface area contributed by atoms with Gasteiger partial charge in [0.05, 0.1) is 0 Å². The van der Waals surface area contributed by atoms with Crippen molar-refractivity contribution in [1.82, 2.24) is 10.2 Å². The van der Waals surface area contributed by atoms with E-state index in [4.69, 9.17) is 16.3 Å². The summed E-state index contributed by atoms with van der Waals surface area (Å²) in [6.45, 7) is 4.35. The third-order valence-electron chi connectivity index (χ3n) is 3.74. The third kappa shape index (κ3) is 5.27. The zero-order chi connectivity index (χ0) is 20.1. The Hall–Kier alpha value is -2.51. The highest BCUT2D eigenvalue weighted by Crippen LogP contribution is 2.29. The first-order chi connectivity index (χ1) is 13.4. The largest absolute Gasteiger partial charge is 0.484 e. The lowest BCUT2D eigenvalue weighted by Crippen LogP contribution is -2.37. The number of hydrogen-bond donors (Lipinski definition) is 0. The smallest absolute Gasteiger partial charge is 0.266 e. The van der Waals surface area contributed by atoms with E-state index >= 15 is 0 Å². The van der Waals surface area contributed by atoms with E-state index in [1.54, 1.807) is 41.3 Å². The molecule has 28 heavy (non-hydrogen) atoms. The molecule has 0 N–H and O–H groups in total. The molecule has 0 saturated carbocycles. The molecule has 0 aliphatic carbocycles. The van der Waals surface area contributed by atoms with Crippen molar-refractivity contribution in [1.29, 1.82) is 0 Å². The van der Waals surface area contributed by atoms with Crippen LogP contribution in [0, 0.1) is 11.7 Å². The molecule has 3 aromatic rings. The molecule has 2 aromatic carbocycles. The van der Waals surface area contributed by atoms with Gasteiger partial charge in [-0.1, -0.05) is 48.9 Å². The number of nitrogens with zero attached hydrogens (tertiary/aromatic N) is 3. The zero-order valence-corrected chi connectivity index (χ0v) is 17.0. The first kappa shape index (κ1) is 20.2. The molecule has 0 radical (unpaired) electrons. The third-order valence-corrected chi connectivity index (χ3v) is 4.99. The van der Waals surface area contributed by atoms with Crippen LogP contribution in [0.3, 0.4) is 0 Å². The average molecular weight is 420 g/mol. The molecule has 0 aliphatic heterocycles. The molecule has 0 bridgehead atoms.